The molecule has 2 saturated heterocycles. The summed E-state index contributed by atoms with van der Waals surface area (Å²) < 4.78 is 29.3. The Balaban J connectivity index is 0.00000274. The molecule has 2 aliphatic rings. The molecule has 0 saturated carbocycles. The Morgan fingerprint density at radius 3 is 2.71 bits per heavy atom. The van der Waals surface area contributed by atoms with Crippen LogP contribution in [0.4, 0.5) is 11.5 Å². The molecule has 0 unspecified atom stereocenters. The van der Waals surface area contributed by atoms with Crippen LogP contribution in [0.15, 0.2) is 41.1 Å². The Kier molecular flexibility index (Phi) is 7.68. The van der Waals surface area contributed by atoms with Crippen molar-refractivity contribution in [3.8, 4) is 11.5 Å². The lowest BCUT2D eigenvalue weighted by atomic mass is 10.1. The molecule has 2 fully saturated rings. The highest BCUT2D eigenvalue weighted by Crippen LogP contribution is 2.39. The van der Waals surface area contributed by atoms with Gasteiger partial charge >= 0.3 is 0 Å². The second kappa shape index (κ2) is 10.4. The molecular formula is C22H22BrCl2N3O6. The first-order chi connectivity index (χ1) is 16.0. The molecule has 0 aliphatic carbocycles. The van der Waals surface area contributed by atoms with Gasteiger partial charge in [-0.3, -0.25) is 0 Å². The second-order valence-electron chi connectivity index (χ2n) is 7.64. The number of rotatable bonds is 6. The van der Waals surface area contributed by atoms with E-state index in [1.807, 2.05) is 18.2 Å². The summed E-state index contributed by atoms with van der Waals surface area (Å²) in [6.07, 6.45) is -1.47. The number of aliphatic hydroxyl groups is 1. The van der Waals surface area contributed by atoms with E-state index in [0.29, 0.717) is 34.5 Å². The Labute approximate surface area is 215 Å². The van der Waals surface area contributed by atoms with Crippen molar-refractivity contribution in [3.63, 3.8) is 0 Å². The third-order valence-corrected chi connectivity index (χ3v) is 6.93. The molecule has 2 aromatic carbocycles. The van der Waals surface area contributed by atoms with Gasteiger partial charge in [0.15, 0.2) is 23.9 Å². The number of methoxy groups -OCH3 is 2. The van der Waals surface area contributed by atoms with E-state index in [9.17, 15) is 5.11 Å². The monoisotopic (exact) mass is 573 g/mol. The number of aromatic nitrogens is 2. The number of anilines is 2. The molecule has 12 heteroatoms. The maximum absolute atomic E-state index is 10.1. The van der Waals surface area contributed by atoms with Crippen LogP contribution in [0.1, 0.15) is 0 Å². The summed E-state index contributed by atoms with van der Waals surface area (Å²) in [5.74, 6) is 1.58. The molecule has 0 spiro atoms. The normalized spacial score (nSPS) is 25.6. The number of halogens is 3. The van der Waals surface area contributed by atoms with Crippen LogP contribution in [-0.2, 0) is 14.2 Å². The van der Waals surface area contributed by atoms with Gasteiger partial charge in [-0.25, -0.2) is 9.97 Å². The molecule has 2 N–H and O–H groups in total. The quantitative estimate of drug-likeness (QED) is 0.450. The molecule has 0 bridgehead atoms. The number of hydrogen-bond donors (Lipinski definition) is 2. The molecule has 5 rings (SSSR count). The Morgan fingerprint density at radius 2 is 1.97 bits per heavy atom. The molecule has 2 aliphatic heterocycles. The number of ether oxygens (including phenoxy) is 5. The first-order valence-electron chi connectivity index (χ1n) is 10.2. The van der Waals surface area contributed by atoms with Gasteiger partial charge in [0, 0.05) is 28.7 Å². The largest absolute Gasteiger partial charge is 0.493 e. The lowest BCUT2D eigenvalue weighted by Crippen LogP contribution is -2.35. The van der Waals surface area contributed by atoms with Crippen molar-refractivity contribution in [3.05, 3.63) is 46.2 Å². The van der Waals surface area contributed by atoms with Crippen molar-refractivity contribution in [2.75, 3.05) is 26.1 Å². The minimum absolute atomic E-state index is 0. The van der Waals surface area contributed by atoms with Crippen molar-refractivity contribution in [1.29, 1.82) is 0 Å². The fraction of sp³-hybridized carbons (Fsp3) is 0.364. The highest BCUT2D eigenvalue weighted by molar-refractivity contribution is 9.10. The first-order valence-corrected chi connectivity index (χ1v) is 11.3. The Hall–Kier alpha value is -1.92. The first kappa shape index (κ1) is 25.2. The van der Waals surface area contributed by atoms with E-state index in [1.54, 1.807) is 19.2 Å². The zero-order chi connectivity index (χ0) is 23.1. The topological polar surface area (TPSA) is 104 Å². The van der Waals surface area contributed by atoms with Gasteiger partial charge in [0.05, 0.1) is 24.3 Å². The maximum Gasteiger partial charge on any atom is 0.184 e. The van der Waals surface area contributed by atoms with Crippen LogP contribution in [-0.4, -0.2) is 66.6 Å². The average Bonchev–Trinajstić information content (AvgIpc) is 3.33. The molecular weight excluding hydrogens is 553 g/mol. The van der Waals surface area contributed by atoms with Crippen molar-refractivity contribution in [1.82, 2.24) is 9.97 Å². The summed E-state index contributed by atoms with van der Waals surface area (Å²) >= 11 is 9.60. The Bertz CT molecular complexity index is 1190. The van der Waals surface area contributed by atoms with Crippen molar-refractivity contribution >= 4 is 62.3 Å². The van der Waals surface area contributed by atoms with Crippen molar-refractivity contribution < 1.29 is 28.8 Å². The molecule has 34 heavy (non-hydrogen) atoms. The molecule has 3 aromatic rings. The fourth-order valence-electron chi connectivity index (χ4n) is 4.10. The summed E-state index contributed by atoms with van der Waals surface area (Å²) in [5.41, 5.74) is 1.44. The number of aliphatic hydroxyl groups excluding tert-OH is 1. The standard InChI is InChI=1S/C22H21BrClN3O6.ClH/c1-29-15-6-11-14(25-9-26-21(11)27-10-3-4-12(23)13(24)5-10)7-16(15)32-17-8-31-19-18(17)33-22(28)20(19)30-2;/h3-7,9,17-20,22,28H,8H2,1-2H3,(H,25,26,27);1H/t17-,18+,19-,20+,22-;/m1./s1. The van der Waals surface area contributed by atoms with E-state index in [4.69, 9.17) is 35.3 Å². The van der Waals surface area contributed by atoms with E-state index in [2.05, 4.69) is 31.2 Å². The van der Waals surface area contributed by atoms with E-state index in [-0.39, 0.29) is 12.4 Å². The minimum Gasteiger partial charge on any atom is -0.493 e. The van der Waals surface area contributed by atoms with Crippen LogP contribution < -0.4 is 14.8 Å². The highest BCUT2D eigenvalue weighted by Gasteiger charge is 2.53. The van der Waals surface area contributed by atoms with Gasteiger partial charge in [0.25, 0.3) is 0 Å². The molecule has 9 nitrogen and oxygen atoms in total. The molecule has 0 radical (unpaired) electrons. The summed E-state index contributed by atoms with van der Waals surface area (Å²) in [4.78, 5) is 8.76. The predicted molar refractivity (Wildman–Crippen MR) is 132 cm³/mol. The molecule has 3 heterocycles. The van der Waals surface area contributed by atoms with E-state index >= 15 is 0 Å². The minimum atomic E-state index is -1.07. The van der Waals surface area contributed by atoms with Crippen LogP contribution >= 0.6 is 39.9 Å². The summed E-state index contributed by atoms with van der Waals surface area (Å²) in [7, 11) is 3.07. The van der Waals surface area contributed by atoms with Gasteiger partial charge in [-0.05, 0) is 40.2 Å². The van der Waals surface area contributed by atoms with Crippen LogP contribution in [0.2, 0.25) is 5.02 Å². The van der Waals surface area contributed by atoms with Gasteiger partial charge in [-0.15, -0.1) is 12.4 Å². The molecule has 1 aromatic heterocycles. The SMILES string of the molecule is COc1cc2c(Nc3ccc(Br)c(Cl)c3)ncnc2cc1O[C@@H]1CO[C@@H]2[C@H]1O[C@@H](O)[C@H]2OC.Cl. The van der Waals surface area contributed by atoms with E-state index < -0.39 is 30.7 Å². The van der Waals surface area contributed by atoms with E-state index in [1.165, 1.54) is 13.4 Å². The summed E-state index contributed by atoms with van der Waals surface area (Å²) in [6, 6.07) is 9.13. The summed E-state index contributed by atoms with van der Waals surface area (Å²) in [5, 5.41) is 14.7. The second-order valence-corrected chi connectivity index (χ2v) is 8.90. The predicted octanol–water partition coefficient (Wildman–Crippen LogP) is 4.10. The smallest absolute Gasteiger partial charge is 0.184 e. The third kappa shape index (κ3) is 4.64. The molecule has 0 amide bonds. The number of benzene rings is 2. The fourth-order valence-corrected chi connectivity index (χ4v) is 4.52. The van der Waals surface area contributed by atoms with E-state index in [0.717, 1.165) is 15.5 Å². The van der Waals surface area contributed by atoms with Gasteiger partial charge in [0.1, 0.15) is 30.5 Å². The lowest BCUT2D eigenvalue weighted by Gasteiger charge is -2.20. The van der Waals surface area contributed by atoms with Crippen molar-refractivity contribution in [2.45, 2.75) is 30.7 Å². The average molecular weight is 575 g/mol. The van der Waals surface area contributed by atoms with Crippen LogP contribution in [0, 0.1) is 0 Å². The molecule has 5 atom stereocenters. The Morgan fingerprint density at radius 1 is 1.15 bits per heavy atom. The number of nitrogens with zero attached hydrogens (tertiary/aromatic N) is 2. The highest BCUT2D eigenvalue weighted by atomic mass is 79.9. The number of fused-ring (bicyclic) bond motifs is 2. The zero-order valence-corrected chi connectivity index (χ0v) is 21.3. The van der Waals surface area contributed by atoms with Crippen molar-refractivity contribution in [2.24, 2.45) is 0 Å². The van der Waals surface area contributed by atoms with Crippen LogP contribution in [0.25, 0.3) is 10.9 Å². The van der Waals surface area contributed by atoms with Crippen LogP contribution in [0.5, 0.6) is 11.5 Å². The van der Waals surface area contributed by atoms with Gasteiger partial charge in [-0.1, -0.05) is 11.6 Å². The lowest BCUT2D eigenvalue weighted by molar-refractivity contribution is -0.154. The maximum atomic E-state index is 10.1. The van der Waals surface area contributed by atoms with Crippen LogP contribution in [0.3, 0.4) is 0 Å². The summed E-state index contributed by atoms with van der Waals surface area (Å²) in [6.45, 7) is 0.296. The van der Waals surface area contributed by atoms with Gasteiger partial charge < -0.3 is 34.1 Å². The van der Waals surface area contributed by atoms with Gasteiger partial charge in [0.2, 0.25) is 0 Å². The number of nitrogens with one attached hydrogen (secondary N) is 1. The molecule has 182 valence electrons. The van der Waals surface area contributed by atoms with Gasteiger partial charge in [-0.2, -0.15) is 0 Å². The number of hydrogen-bond acceptors (Lipinski definition) is 9. The third-order valence-electron chi connectivity index (χ3n) is 5.70. The zero-order valence-electron chi connectivity index (χ0n) is 18.1.